The fourth-order valence-electron chi connectivity index (χ4n) is 3.33. The maximum Gasteiger partial charge on any atom is 0.229 e. The molecule has 1 fully saturated rings. The fraction of sp³-hybridized carbons (Fsp3) is 0.316. The second kappa shape index (κ2) is 6.79. The van der Waals surface area contributed by atoms with Crippen molar-refractivity contribution < 1.29 is 9.90 Å². The molecule has 0 bridgehead atoms. The number of rotatable bonds is 4. The van der Waals surface area contributed by atoms with Crippen LogP contribution in [0, 0.1) is 5.92 Å². The van der Waals surface area contributed by atoms with Gasteiger partial charge in [-0.05, 0) is 48.1 Å². The summed E-state index contributed by atoms with van der Waals surface area (Å²) in [4.78, 5) is 15.4. The van der Waals surface area contributed by atoms with E-state index < -0.39 is 11.5 Å². The number of hydrogen-bond acceptors (Lipinski definition) is 3. The van der Waals surface area contributed by atoms with Gasteiger partial charge in [-0.2, -0.15) is 0 Å². The van der Waals surface area contributed by atoms with Crippen LogP contribution in [0.4, 0.5) is 0 Å². The van der Waals surface area contributed by atoms with Gasteiger partial charge in [0.05, 0.1) is 5.92 Å². The minimum Gasteiger partial charge on any atom is -0.380 e. The Bertz CT molecular complexity index is 732. The van der Waals surface area contributed by atoms with Crippen LogP contribution in [-0.4, -0.2) is 35.8 Å². The first-order valence-corrected chi connectivity index (χ1v) is 9.45. The van der Waals surface area contributed by atoms with E-state index in [0.717, 1.165) is 10.5 Å². The Kier molecular flexibility index (Phi) is 4.90. The molecule has 1 saturated heterocycles. The number of hydrogen-bond donors (Lipinski definition) is 1. The molecule has 2 atom stereocenters. The third-order valence-corrected chi connectivity index (χ3v) is 5.74. The van der Waals surface area contributed by atoms with Crippen LogP contribution in [-0.2, 0) is 10.4 Å². The van der Waals surface area contributed by atoms with Crippen molar-refractivity contribution >= 4 is 29.3 Å². The van der Waals surface area contributed by atoms with Gasteiger partial charge in [-0.15, -0.1) is 11.8 Å². The average molecular weight is 362 g/mol. The van der Waals surface area contributed by atoms with E-state index in [2.05, 4.69) is 0 Å². The molecule has 1 heterocycles. The minimum atomic E-state index is -1.36. The Hall–Kier alpha value is -1.49. The van der Waals surface area contributed by atoms with Gasteiger partial charge >= 0.3 is 0 Å². The molecule has 1 N–H and O–H groups in total. The maximum atomic E-state index is 12.6. The van der Waals surface area contributed by atoms with Gasteiger partial charge in [-0.1, -0.05) is 35.9 Å². The van der Waals surface area contributed by atoms with Gasteiger partial charge in [-0.25, -0.2) is 0 Å². The summed E-state index contributed by atoms with van der Waals surface area (Å²) >= 11 is 7.64. The van der Waals surface area contributed by atoms with E-state index >= 15 is 0 Å². The Morgan fingerprint density at radius 2 is 1.67 bits per heavy atom. The second-order valence-electron chi connectivity index (χ2n) is 6.10. The summed E-state index contributed by atoms with van der Waals surface area (Å²) < 4.78 is 0. The van der Waals surface area contributed by atoms with E-state index in [0.29, 0.717) is 23.6 Å². The van der Waals surface area contributed by atoms with E-state index in [1.807, 2.05) is 30.5 Å². The first-order valence-electron chi connectivity index (χ1n) is 7.84. The van der Waals surface area contributed by atoms with Crippen LogP contribution in [0.25, 0.3) is 0 Å². The molecule has 0 saturated carbocycles. The van der Waals surface area contributed by atoms with E-state index in [-0.39, 0.29) is 5.91 Å². The number of aliphatic hydroxyl groups is 1. The predicted molar refractivity (Wildman–Crippen MR) is 98.4 cm³/mol. The fourth-order valence-corrected chi connectivity index (χ4v) is 3.86. The lowest BCUT2D eigenvalue weighted by molar-refractivity contribution is -0.136. The zero-order chi connectivity index (χ0) is 17.3. The average Bonchev–Trinajstić information content (AvgIpc) is 2.94. The molecular formula is C19H20ClNO2S. The van der Waals surface area contributed by atoms with Crippen LogP contribution < -0.4 is 0 Å². The SMILES string of the molecule is CSc1ccc(C(O)(c2ccc(Cl)cc2)C2CCN(C)C2=O)cc1. The van der Waals surface area contributed by atoms with Gasteiger partial charge in [0, 0.05) is 23.5 Å². The second-order valence-corrected chi connectivity index (χ2v) is 7.42. The Morgan fingerprint density at radius 3 is 2.12 bits per heavy atom. The number of carbonyl (C=O) groups is 1. The third kappa shape index (κ3) is 2.94. The molecule has 24 heavy (non-hydrogen) atoms. The maximum absolute atomic E-state index is 12.6. The normalized spacial score (nSPS) is 20.2. The van der Waals surface area contributed by atoms with Gasteiger partial charge in [0.2, 0.25) is 5.91 Å². The Balaban J connectivity index is 2.12. The van der Waals surface area contributed by atoms with Gasteiger partial charge in [0.1, 0.15) is 5.60 Å². The van der Waals surface area contributed by atoms with Crippen molar-refractivity contribution in [1.82, 2.24) is 4.90 Å². The molecule has 0 aliphatic carbocycles. The molecule has 126 valence electrons. The number of likely N-dealkylation sites (tertiary alicyclic amines) is 1. The molecule has 3 rings (SSSR count). The van der Waals surface area contributed by atoms with Crippen LogP contribution in [0.2, 0.25) is 5.02 Å². The lowest BCUT2D eigenvalue weighted by Crippen LogP contribution is -2.41. The lowest BCUT2D eigenvalue weighted by Gasteiger charge is -2.34. The molecular weight excluding hydrogens is 342 g/mol. The third-order valence-electron chi connectivity index (χ3n) is 4.75. The summed E-state index contributed by atoms with van der Waals surface area (Å²) in [5.74, 6) is -0.523. The first-order chi connectivity index (χ1) is 11.5. The van der Waals surface area contributed by atoms with Crippen LogP contribution in [0.5, 0.6) is 0 Å². The highest BCUT2D eigenvalue weighted by Crippen LogP contribution is 2.42. The van der Waals surface area contributed by atoms with Gasteiger partial charge in [0.25, 0.3) is 0 Å². The van der Waals surface area contributed by atoms with Crippen molar-refractivity contribution in [2.75, 3.05) is 19.8 Å². The first kappa shape index (κ1) is 17.3. The molecule has 2 aromatic rings. The Morgan fingerprint density at radius 1 is 1.12 bits per heavy atom. The van der Waals surface area contributed by atoms with Crippen LogP contribution in [0.3, 0.4) is 0 Å². The van der Waals surface area contributed by atoms with E-state index in [1.54, 1.807) is 48.0 Å². The van der Waals surface area contributed by atoms with Gasteiger partial charge < -0.3 is 10.0 Å². The molecule has 1 aliphatic heterocycles. The summed E-state index contributed by atoms with van der Waals surface area (Å²) in [5, 5.41) is 12.3. The van der Waals surface area contributed by atoms with Crippen LogP contribution in [0.15, 0.2) is 53.4 Å². The van der Waals surface area contributed by atoms with E-state index in [1.165, 1.54) is 0 Å². The molecule has 0 aromatic heterocycles. The van der Waals surface area contributed by atoms with Crippen LogP contribution >= 0.6 is 23.4 Å². The highest BCUT2D eigenvalue weighted by molar-refractivity contribution is 7.98. The number of nitrogens with zero attached hydrogens (tertiary/aromatic N) is 1. The van der Waals surface area contributed by atoms with Crippen molar-refractivity contribution in [3.05, 3.63) is 64.7 Å². The minimum absolute atomic E-state index is 0.0265. The number of carbonyl (C=O) groups excluding carboxylic acids is 1. The molecule has 1 amide bonds. The van der Waals surface area contributed by atoms with Crippen molar-refractivity contribution in [3.8, 4) is 0 Å². The molecule has 2 unspecified atom stereocenters. The number of amides is 1. The van der Waals surface area contributed by atoms with E-state index in [9.17, 15) is 9.90 Å². The summed E-state index contributed by atoms with van der Waals surface area (Å²) in [6, 6.07) is 14.9. The van der Waals surface area contributed by atoms with Crippen molar-refractivity contribution in [2.45, 2.75) is 16.9 Å². The predicted octanol–water partition coefficient (Wildman–Crippen LogP) is 3.78. The Labute approximate surface area is 151 Å². The molecule has 5 heteroatoms. The van der Waals surface area contributed by atoms with E-state index in [4.69, 9.17) is 11.6 Å². The largest absolute Gasteiger partial charge is 0.380 e. The standard InChI is InChI=1S/C19H20ClNO2S/c1-21-12-11-17(18(21)22)19(23,13-3-7-15(20)8-4-13)14-5-9-16(24-2)10-6-14/h3-10,17,23H,11-12H2,1-2H3. The summed E-state index contributed by atoms with van der Waals surface area (Å²) in [6.45, 7) is 0.655. The number of thioether (sulfide) groups is 1. The lowest BCUT2D eigenvalue weighted by atomic mass is 9.75. The zero-order valence-electron chi connectivity index (χ0n) is 13.7. The van der Waals surface area contributed by atoms with Gasteiger partial charge in [0.15, 0.2) is 0 Å². The smallest absolute Gasteiger partial charge is 0.229 e. The number of benzene rings is 2. The highest BCUT2D eigenvalue weighted by Gasteiger charge is 2.48. The molecule has 0 spiro atoms. The van der Waals surface area contributed by atoms with Crippen molar-refractivity contribution in [2.24, 2.45) is 5.92 Å². The zero-order valence-corrected chi connectivity index (χ0v) is 15.3. The molecule has 2 aromatic carbocycles. The van der Waals surface area contributed by atoms with Crippen LogP contribution in [0.1, 0.15) is 17.5 Å². The molecule has 3 nitrogen and oxygen atoms in total. The topological polar surface area (TPSA) is 40.5 Å². The number of halogens is 1. The quantitative estimate of drug-likeness (QED) is 0.842. The molecule has 0 radical (unpaired) electrons. The van der Waals surface area contributed by atoms with Gasteiger partial charge in [-0.3, -0.25) is 4.79 Å². The monoisotopic (exact) mass is 361 g/mol. The van der Waals surface area contributed by atoms with Crippen molar-refractivity contribution in [3.63, 3.8) is 0 Å². The highest BCUT2D eigenvalue weighted by atomic mass is 35.5. The summed E-state index contributed by atoms with van der Waals surface area (Å²) in [6.07, 6.45) is 2.63. The van der Waals surface area contributed by atoms with Crippen molar-refractivity contribution in [1.29, 1.82) is 0 Å². The molecule has 1 aliphatic rings. The summed E-state index contributed by atoms with van der Waals surface area (Å²) in [7, 11) is 1.78. The summed E-state index contributed by atoms with van der Waals surface area (Å²) in [5.41, 5.74) is 0.0670.